The van der Waals surface area contributed by atoms with E-state index < -0.39 is 0 Å². The molecule has 0 atom stereocenters. The molecule has 0 saturated carbocycles. The van der Waals surface area contributed by atoms with E-state index in [0.717, 1.165) is 44.6 Å². The molecule has 0 radical (unpaired) electrons. The van der Waals surface area contributed by atoms with Gasteiger partial charge in [0.05, 0.1) is 5.69 Å². The first-order chi connectivity index (χ1) is 29.8. The summed E-state index contributed by atoms with van der Waals surface area (Å²) in [6, 6.07) is 84.8. The zero-order valence-corrected chi connectivity index (χ0v) is 32.9. The average molecular weight is 766 g/mol. The first-order valence-electron chi connectivity index (χ1n) is 20.5. The molecule has 11 aromatic rings. The van der Waals surface area contributed by atoms with Crippen molar-refractivity contribution in [2.75, 3.05) is 4.90 Å². The Kier molecular flexibility index (Phi) is 8.87. The molecule has 2 nitrogen and oxygen atoms in total. The van der Waals surface area contributed by atoms with Crippen LogP contribution in [-0.2, 0) is 0 Å². The molecule has 0 aliphatic rings. The highest BCUT2D eigenvalue weighted by Gasteiger charge is 2.21. The Hall–Kier alpha value is -7.94. The van der Waals surface area contributed by atoms with Gasteiger partial charge >= 0.3 is 0 Å². The lowest BCUT2D eigenvalue weighted by Crippen LogP contribution is -2.10. The molecule has 0 aliphatic heterocycles. The third kappa shape index (κ3) is 6.23. The monoisotopic (exact) mass is 765 g/mol. The minimum Gasteiger partial charge on any atom is -0.454 e. The summed E-state index contributed by atoms with van der Waals surface area (Å²) in [4.78, 5) is 2.33. The molecule has 0 aliphatic carbocycles. The maximum Gasteiger partial charge on any atom is 0.159 e. The summed E-state index contributed by atoms with van der Waals surface area (Å²) in [6.45, 7) is 0. The van der Waals surface area contributed by atoms with Gasteiger partial charge in [-0.15, -0.1) is 0 Å². The van der Waals surface area contributed by atoms with Crippen LogP contribution in [0.1, 0.15) is 0 Å². The standard InChI is InChI=1S/C58H39NO/c1-3-16-40(17-4-1)49-23-9-10-25-53(49)57-50(42-18-5-2-6-19-42)27-14-28-51(57)44-34-38-46(39-35-44)59(55-30-15-29-54-52-24-11-12-31-56(52)60-58(54)55)45-36-32-43(33-37-45)48-26-13-21-41-20-7-8-22-47(41)48/h1-39H. The van der Waals surface area contributed by atoms with E-state index in [1.165, 1.54) is 60.8 Å². The van der Waals surface area contributed by atoms with Gasteiger partial charge in [-0.2, -0.15) is 0 Å². The Bertz CT molecular complexity index is 3290. The lowest BCUT2D eigenvalue weighted by atomic mass is 9.84. The highest BCUT2D eigenvalue weighted by molar-refractivity contribution is 6.10. The number of benzene rings is 10. The Balaban J connectivity index is 1.07. The van der Waals surface area contributed by atoms with Gasteiger partial charge in [-0.3, -0.25) is 0 Å². The first kappa shape index (κ1) is 35.2. The van der Waals surface area contributed by atoms with Gasteiger partial charge in [-0.25, -0.2) is 0 Å². The number of nitrogens with zero attached hydrogens (tertiary/aromatic N) is 1. The fourth-order valence-corrected chi connectivity index (χ4v) is 8.90. The number of rotatable bonds is 8. The third-order valence-electron chi connectivity index (χ3n) is 11.7. The first-order valence-corrected chi connectivity index (χ1v) is 20.5. The average Bonchev–Trinajstić information content (AvgIpc) is 3.72. The lowest BCUT2D eigenvalue weighted by molar-refractivity contribution is 0.669. The topological polar surface area (TPSA) is 16.4 Å². The molecule has 2 heteroatoms. The predicted molar refractivity (Wildman–Crippen MR) is 253 cm³/mol. The van der Waals surface area contributed by atoms with E-state index in [1.54, 1.807) is 0 Å². The Labute approximate surface area is 349 Å². The smallest absolute Gasteiger partial charge is 0.159 e. The summed E-state index contributed by atoms with van der Waals surface area (Å²) in [5.41, 5.74) is 16.7. The SMILES string of the molecule is c1ccc(-c2ccccc2-c2c(-c3ccccc3)cccc2-c2ccc(N(c3ccc(-c4cccc5ccccc45)cc3)c3cccc4c3oc3ccccc34)cc2)cc1. The molecule has 10 aromatic carbocycles. The molecule has 0 N–H and O–H groups in total. The van der Waals surface area contributed by atoms with E-state index in [2.05, 4.69) is 229 Å². The Morgan fingerprint density at radius 2 is 0.733 bits per heavy atom. The molecule has 60 heavy (non-hydrogen) atoms. The zero-order chi connectivity index (χ0) is 39.8. The van der Waals surface area contributed by atoms with Crippen molar-refractivity contribution in [1.82, 2.24) is 0 Å². The van der Waals surface area contributed by atoms with Gasteiger partial charge < -0.3 is 9.32 Å². The summed E-state index contributed by atoms with van der Waals surface area (Å²) in [5.74, 6) is 0. The quantitative estimate of drug-likeness (QED) is 0.153. The molecular formula is C58H39NO. The van der Waals surface area contributed by atoms with Crippen molar-refractivity contribution in [3.63, 3.8) is 0 Å². The number of para-hydroxylation sites is 2. The number of hydrogen-bond donors (Lipinski definition) is 0. The number of hydrogen-bond acceptors (Lipinski definition) is 2. The molecule has 1 aromatic heterocycles. The van der Waals surface area contributed by atoms with E-state index in [9.17, 15) is 0 Å². The van der Waals surface area contributed by atoms with Crippen LogP contribution in [0, 0.1) is 0 Å². The van der Waals surface area contributed by atoms with Crippen LogP contribution in [0.15, 0.2) is 241 Å². The lowest BCUT2D eigenvalue weighted by Gasteiger charge is -2.26. The number of anilines is 3. The summed E-state index contributed by atoms with van der Waals surface area (Å²) in [6.07, 6.45) is 0. The Morgan fingerprint density at radius 3 is 1.43 bits per heavy atom. The molecule has 0 unspecified atom stereocenters. The second kappa shape index (κ2) is 15.1. The molecule has 0 amide bonds. The largest absolute Gasteiger partial charge is 0.454 e. The summed E-state index contributed by atoms with van der Waals surface area (Å²) < 4.78 is 6.67. The van der Waals surface area contributed by atoms with Crippen LogP contribution in [0.3, 0.4) is 0 Å². The molecular weight excluding hydrogens is 727 g/mol. The van der Waals surface area contributed by atoms with Crippen LogP contribution in [-0.4, -0.2) is 0 Å². The van der Waals surface area contributed by atoms with E-state index in [4.69, 9.17) is 4.42 Å². The van der Waals surface area contributed by atoms with Crippen LogP contribution in [0.2, 0.25) is 0 Å². The van der Waals surface area contributed by atoms with Crippen LogP contribution in [0.25, 0.3) is 88.3 Å². The molecule has 0 fully saturated rings. The van der Waals surface area contributed by atoms with Crippen molar-refractivity contribution in [2.45, 2.75) is 0 Å². The Morgan fingerprint density at radius 1 is 0.283 bits per heavy atom. The van der Waals surface area contributed by atoms with Crippen LogP contribution in [0.4, 0.5) is 17.1 Å². The normalized spacial score (nSPS) is 11.3. The maximum absolute atomic E-state index is 6.67. The second-order valence-corrected chi connectivity index (χ2v) is 15.2. The fourth-order valence-electron chi connectivity index (χ4n) is 8.90. The van der Waals surface area contributed by atoms with Gasteiger partial charge in [-0.05, 0) is 103 Å². The van der Waals surface area contributed by atoms with Crippen molar-refractivity contribution >= 4 is 49.8 Å². The van der Waals surface area contributed by atoms with E-state index >= 15 is 0 Å². The molecule has 1 heterocycles. The maximum atomic E-state index is 6.67. The molecule has 0 spiro atoms. The molecule has 282 valence electrons. The van der Waals surface area contributed by atoms with Crippen LogP contribution in [0.5, 0.6) is 0 Å². The predicted octanol–water partition coefficient (Wildman–Crippen LogP) is 16.5. The van der Waals surface area contributed by atoms with Gasteiger partial charge in [0, 0.05) is 22.1 Å². The highest BCUT2D eigenvalue weighted by atomic mass is 16.3. The number of fused-ring (bicyclic) bond motifs is 4. The van der Waals surface area contributed by atoms with Crippen LogP contribution < -0.4 is 4.90 Å². The zero-order valence-electron chi connectivity index (χ0n) is 32.9. The minimum absolute atomic E-state index is 0.858. The van der Waals surface area contributed by atoms with Gasteiger partial charge in [0.15, 0.2) is 5.58 Å². The summed E-state index contributed by atoms with van der Waals surface area (Å²) in [5, 5.41) is 4.68. The van der Waals surface area contributed by atoms with Crippen molar-refractivity contribution in [1.29, 1.82) is 0 Å². The van der Waals surface area contributed by atoms with Crippen molar-refractivity contribution in [2.24, 2.45) is 0 Å². The van der Waals surface area contributed by atoms with Gasteiger partial charge in [0.1, 0.15) is 5.58 Å². The summed E-state index contributed by atoms with van der Waals surface area (Å²) in [7, 11) is 0. The minimum atomic E-state index is 0.858. The van der Waals surface area contributed by atoms with Crippen molar-refractivity contribution in [3.05, 3.63) is 237 Å². The third-order valence-corrected chi connectivity index (χ3v) is 11.7. The molecule has 0 bridgehead atoms. The van der Waals surface area contributed by atoms with Gasteiger partial charge in [0.2, 0.25) is 0 Å². The summed E-state index contributed by atoms with van der Waals surface area (Å²) >= 11 is 0. The van der Waals surface area contributed by atoms with Crippen molar-refractivity contribution in [3.8, 4) is 55.6 Å². The van der Waals surface area contributed by atoms with E-state index in [0.29, 0.717) is 0 Å². The van der Waals surface area contributed by atoms with E-state index in [1.807, 2.05) is 12.1 Å². The second-order valence-electron chi connectivity index (χ2n) is 15.2. The number of furan rings is 1. The molecule has 11 rings (SSSR count). The van der Waals surface area contributed by atoms with Gasteiger partial charge in [0.25, 0.3) is 0 Å². The van der Waals surface area contributed by atoms with Gasteiger partial charge in [-0.1, -0.05) is 200 Å². The van der Waals surface area contributed by atoms with Crippen molar-refractivity contribution < 1.29 is 4.42 Å². The fraction of sp³-hybridized carbons (Fsp3) is 0. The molecule has 0 saturated heterocycles. The van der Waals surface area contributed by atoms with E-state index in [-0.39, 0.29) is 0 Å². The van der Waals surface area contributed by atoms with Crippen LogP contribution >= 0.6 is 0 Å². The highest BCUT2D eigenvalue weighted by Crippen LogP contribution is 2.46.